The van der Waals surface area contributed by atoms with Crippen LogP contribution in [0.25, 0.3) is 6.08 Å². The smallest absolute Gasteiger partial charge is 0.264 e. The third kappa shape index (κ3) is 4.58. The van der Waals surface area contributed by atoms with Crippen molar-refractivity contribution in [3.05, 3.63) is 55.9 Å². The van der Waals surface area contributed by atoms with Gasteiger partial charge >= 0.3 is 0 Å². The van der Waals surface area contributed by atoms with E-state index < -0.39 is 0 Å². The van der Waals surface area contributed by atoms with Crippen LogP contribution in [0.5, 0.6) is 11.5 Å². The van der Waals surface area contributed by atoms with Crippen LogP contribution in [-0.2, 0) is 4.79 Å². The molecule has 2 aromatic carbocycles. The van der Waals surface area contributed by atoms with E-state index >= 15 is 0 Å². The Morgan fingerprint density at radius 2 is 2.00 bits per heavy atom. The maximum atomic E-state index is 12.3. The van der Waals surface area contributed by atoms with Crippen molar-refractivity contribution >= 4 is 69.4 Å². The van der Waals surface area contributed by atoms with Crippen molar-refractivity contribution in [2.45, 2.75) is 6.92 Å². The number of carbonyl (C=O) groups is 1. The molecule has 28 heavy (non-hydrogen) atoms. The Hall–Kier alpha value is -1.86. The van der Waals surface area contributed by atoms with Crippen LogP contribution in [0, 0.1) is 0 Å². The first-order valence-corrected chi connectivity index (χ1v) is 10.1. The van der Waals surface area contributed by atoms with Crippen molar-refractivity contribution in [1.82, 2.24) is 5.32 Å². The lowest BCUT2D eigenvalue weighted by atomic mass is 10.2. The van der Waals surface area contributed by atoms with E-state index in [1.807, 2.05) is 6.92 Å². The van der Waals surface area contributed by atoms with E-state index in [4.69, 9.17) is 44.3 Å². The molecule has 0 aliphatic carbocycles. The summed E-state index contributed by atoms with van der Waals surface area (Å²) >= 11 is 19.6. The maximum Gasteiger partial charge on any atom is 0.264 e. The standard InChI is InChI=1S/C19H15Cl3N2O3S/c1-3-27-14-8-10(7-12(21)17(14)26-2)9-15-18(25)24-19(28-15)23-13-6-4-5-11(20)16(13)22/h4-9H,3H2,1-2H3,(H,23,24,25)/b15-9+. The lowest BCUT2D eigenvalue weighted by Gasteiger charge is -2.11. The molecular formula is C19H15Cl3N2O3S. The molecule has 146 valence electrons. The van der Waals surface area contributed by atoms with Crippen LogP contribution in [-0.4, -0.2) is 24.8 Å². The molecule has 0 bridgehead atoms. The lowest BCUT2D eigenvalue weighted by molar-refractivity contribution is -0.115. The molecule has 0 unspecified atom stereocenters. The van der Waals surface area contributed by atoms with Crippen LogP contribution in [0.1, 0.15) is 12.5 Å². The first-order chi connectivity index (χ1) is 13.4. The molecule has 1 fully saturated rings. The Labute approximate surface area is 181 Å². The van der Waals surface area contributed by atoms with E-state index in [9.17, 15) is 4.79 Å². The molecule has 1 aliphatic rings. The van der Waals surface area contributed by atoms with E-state index in [-0.39, 0.29) is 5.91 Å². The molecular weight excluding hydrogens is 443 g/mol. The lowest BCUT2D eigenvalue weighted by Crippen LogP contribution is -2.19. The predicted molar refractivity (Wildman–Crippen MR) is 116 cm³/mol. The average molecular weight is 458 g/mol. The number of aliphatic imine (C=N–C) groups is 1. The topological polar surface area (TPSA) is 59.9 Å². The summed E-state index contributed by atoms with van der Waals surface area (Å²) in [5, 5.41) is 4.23. The highest BCUT2D eigenvalue weighted by Crippen LogP contribution is 2.38. The molecule has 0 atom stereocenters. The van der Waals surface area contributed by atoms with Crippen LogP contribution in [0.3, 0.4) is 0 Å². The predicted octanol–water partition coefficient (Wildman–Crippen LogP) is 5.95. The summed E-state index contributed by atoms with van der Waals surface area (Å²) < 4.78 is 10.8. The number of methoxy groups -OCH3 is 1. The van der Waals surface area contributed by atoms with Gasteiger partial charge < -0.3 is 14.8 Å². The molecule has 9 heteroatoms. The fourth-order valence-corrected chi connectivity index (χ4v) is 3.92. The molecule has 0 saturated carbocycles. The van der Waals surface area contributed by atoms with Gasteiger partial charge in [-0.2, -0.15) is 0 Å². The second-order valence-electron chi connectivity index (χ2n) is 5.52. The Kier molecular flexibility index (Phi) is 6.78. The first-order valence-electron chi connectivity index (χ1n) is 8.16. The first kappa shape index (κ1) is 20.9. The summed E-state index contributed by atoms with van der Waals surface area (Å²) in [6.07, 6.45) is 1.70. The van der Waals surface area contributed by atoms with Gasteiger partial charge in [0.15, 0.2) is 16.7 Å². The zero-order chi connectivity index (χ0) is 20.3. The number of hydrogen-bond acceptors (Lipinski definition) is 5. The van der Waals surface area contributed by atoms with Gasteiger partial charge in [0, 0.05) is 0 Å². The third-order valence-corrected chi connectivity index (χ3v) is 5.64. The molecule has 0 aromatic heterocycles. The molecule has 1 aliphatic heterocycles. The number of ether oxygens (including phenoxy) is 2. The molecule has 5 nitrogen and oxygen atoms in total. The van der Waals surface area contributed by atoms with E-state index in [0.717, 1.165) is 0 Å². The fourth-order valence-electron chi connectivity index (χ4n) is 2.45. The zero-order valence-corrected chi connectivity index (χ0v) is 18.0. The fraction of sp³-hybridized carbons (Fsp3) is 0.158. The van der Waals surface area contributed by atoms with Gasteiger partial charge in [-0.15, -0.1) is 0 Å². The number of rotatable bonds is 5. The van der Waals surface area contributed by atoms with Crippen LogP contribution in [0.4, 0.5) is 5.69 Å². The van der Waals surface area contributed by atoms with Gasteiger partial charge in [0.25, 0.3) is 5.91 Å². The van der Waals surface area contributed by atoms with E-state index in [1.165, 1.54) is 18.9 Å². The van der Waals surface area contributed by atoms with Crippen molar-refractivity contribution in [3.8, 4) is 11.5 Å². The number of carbonyl (C=O) groups excluding carboxylic acids is 1. The average Bonchev–Trinajstić information content (AvgIpc) is 2.98. The summed E-state index contributed by atoms with van der Waals surface area (Å²) in [6.45, 7) is 2.32. The normalized spacial score (nSPS) is 16.5. The number of halogens is 3. The number of amides is 1. The van der Waals surface area contributed by atoms with E-state index in [0.29, 0.717) is 54.5 Å². The number of nitrogens with one attached hydrogen (secondary N) is 1. The van der Waals surface area contributed by atoms with Gasteiger partial charge in [-0.25, -0.2) is 4.99 Å². The number of thioether (sulfide) groups is 1. The van der Waals surface area contributed by atoms with Gasteiger partial charge in [-0.05, 0) is 54.6 Å². The summed E-state index contributed by atoms with van der Waals surface area (Å²) in [6, 6.07) is 8.58. The highest BCUT2D eigenvalue weighted by atomic mass is 35.5. The number of amidine groups is 1. The van der Waals surface area contributed by atoms with Crippen molar-refractivity contribution < 1.29 is 14.3 Å². The Bertz CT molecular complexity index is 993. The van der Waals surface area contributed by atoms with Crippen molar-refractivity contribution in [3.63, 3.8) is 0 Å². The Morgan fingerprint density at radius 1 is 1.21 bits per heavy atom. The second-order valence-corrected chi connectivity index (χ2v) is 7.74. The van der Waals surface area contributed by atoms with E-state index in [1.54, 1.807) is 36.4 Å². The van der Waals surface area contributed by atoms with Gasteiger partial charge in [0.1, 0.15) is 0 Å². The summed E-state index contributed by atoms with van der Waals surface area (Å²) in [5.41, 5.74) is 1.18. The molecule has 3 rings (SSSR count). The summed E-state index contributed by atoms with van der Waals surface area (Å²) in [5.74, 6) is 0.686. The minimum absolute atomic E-state index is 0.271. The maximum absolute atomic E-state index is 12.3. The van der Waals surface area contributed by atoms with Crippen molar-refractivity contribution in [2.75, 3.05) is 13.7 Å². The molecule has 0 spiro atoms. The highest BCUT2D eigenvalue weighted by Gasteiger charge is 2.24. The quantitative estimate of drug-likeness (QED) is 0.564. The monoisotopic (exact) mass is 456 g/mol. The molecule has 1 N–H and O–H groups in total. The Morgan fingerprint density at radius 3 is 2.71 bits per heavy atom. The van der Waals surface area contributed by atoms with Gasteiger partial charge in [-0.1, -0.05) is 40.9 Å². The molecule has 1 amide bonds. The SMILES string of the molecule is CCOc1cc(/C=C2/SC(=Nc3cccc(Cl)c3Cl)NC2=O)cc(Cl)c1OC. The third-order valence-electron chi connectivity index (χ3n) is 3.64. The largest absolute Gasteiger partial charge is 0.491 e. The zero-order valence-electron chi connectivity index (χ0n) is 14.9. The number of nitrogens with zero attached hydrogens (tertiary/aromatic N) is 1. The van der Waals surface area contributed by atoms with Crippen LogP contribution in [0.2, 0.25) is 15.1 Å². The molecule has 1 heterocycles. The summed E-state index contributed by atoms with van der Waals surface area (Å²) in [7, 11) is 1.52. The second kappa shape index (κ2) is 9.09. The molecule has 0 radical (unpaired) electrons. The van der Waals surface area contributed by atoms with E-state index in [2.05, 4.69) is 10.3 Å². The van der Waals surface area contributed by atoms with Gasteiger partial charge in [0.2, 0.25) is 0 Å². The van der Waals surface area contributed by atoms with Gasteiger partial charge in [0.05, 0.1) is 39.4 Å². The van der Waals surface area contributed by atoms with Crippen LogP contribution >= 0.6 is 46.6 Å². The van der Waals surface area contributed by atoms with Crippen molar-refractivity contribution in [2.24, 2.45) is 4.99 Å². The highest BCUT2D eigenvalue weighted by molar-refractivity contribution is 8.18. The Balaban J connectivity index is 1.91. The summed E-state index contributed by atoms with van der Waals surface area (Å²) in [4.78, 5) is 17.2. The molecule has 1 saturated heterocycles. The molecule has 2 aromatic rings. The number of benzene rings is 2. The van der Waals surface area contributed by atoms with Crippen molar-refractivity contribution in [1.29, 1.82) is 0 Å². The number of hydrogen-bond donors (Lipinski definition) is 1. The minimum Gasteiger partial charge on any atom is -0.491 e. The van der Waals surface area contributed by atoms with Crippen LogP contribution in [0.15, 0.2) is 40.2 Å². The van der Waals surface area contributed by atoms with Gasteiger partial charge in [-0.3, -0.25) is 4.79 Å². The minimum atomic E-state index is -0.271. The van der Waals surface area contributed by atoms with Crippen LogP contribution < -0.4 is 14.8 Å².